The van der Waals surface area contributed by atoms with Gasteiger partial charge in [0, 0.05) is 17.5 Å². The number of likely N-dealkylation sites (tertiary alicyclic amines) is 1. The molecule has 30 heavy (non-hydrogen) atoms. The number of para-hydroxylation sites is 1. The summed E-state index contributed by atoms with van der Waals surface area (Å²) in [5, 5.41) is 9.63. The number of ether oxygens (including phenoxy) is 1. The summed E-state index contributed by atoms with van der Waals surface area (Å²) in [6.45, 7) is 3.29. The number of fused-ring (bicyclic) bond motifs is 4. The molecule has 1 N–H and O–H groups in total. The molecule has 4 nitrogen and oxygen atoms in total. The molecular weight excluding hydrogens is 390 g/mol. The summed E-state index contributed by atoms with van der Waals surface area (Å²) in [6.07, 6.45) is 2.96. The number of hydrogen-bond acceptors (Lipinski definition) is 4. The zero-order chi connectivity index (χ0) is 20.0. The van der Waals surface area contributed by atoms with Crippen LogP contribution in [0.1, 0.15) is 41.3 Å². The largest absolute Gasteiger partial charge is 0.466 e. The Hall–Kier alpha value is -2.63. The van der Waals surface area contributed by atoms with Gasteiger partial charge in [0.1, 0.15) is 12.3 Å². The quantitative estimate of drug-likeness (QED) is 0.702. The maximum atomic E-state index is 6.75. The molecule has 152 valence electrons. The Morgan fingerprint density at radius 2 is 1.80 bits per heavy atom. The second-order valence-electron chi connectivity index (χ2n) is 8.59. The molecular formula is C25H26N3OS+. The Morgan fingerprint density at radius 1 is 1.00 bits per heavy atom. The minimum Gasteiger partial charge on any atom is -0.466 e. The molecule has 1 saturated heterocycles. The van der Waals surface area contributed by atoms with E-state index >= 15 is 0 Å². The fraction of sp³-hybridized carbons (Fsp3) is 0.320. The lowest BCUT2D eigenvalue weighted by atomic mass is 9.91. The minimum absolute atomic E-state index is 0.280. The van der Waals surface area contributed by atoms with Gasteiger partial charge in [0.05, 0.1) is 42.6 Å². The summed E-state index contributed by atoms with van der Waals surface area (Å²) in [6, 6.07) is 24.0. The molecule has 0 aliphatic carbocycles. The van der Waals surface area contributed by atoms with Crippen LogP contribution in [0.25, 0.3) is 0 Å². The van der Waals surface area contributed by atoms with Crippen molar-refractivity contribution in [1.29, 1.82) is 0 Å². The third kappa shape index (κ3) is 3.04. The van der Waals surface area contributed by atoms with Crippen LogP contribution < -0.4 is 9.64 Å². The number of benzene rings is 2. The molecule has 3 aliphatic rings. The van der Waals surface area contributed by atoms with Gasteiger partial charge >= 0.3 is 0 Å². The first-order valence-electron chi connectivity index (χ1n) is 10.9. The number of rotatable bonds is 3. The Kier molecular flexibility index (Phi) is 4.39. The first kappa shape index (κ1) is 18.2. The van der Waals surface area contributed by atoms with Gasteiger partial charge in [0.25, 0.3) is 0 Å². The number of hydrazone groups is 1. The van der Waals surface area contributed by atoms with Crippen molar-refractivity contribution in [3.05, 3.63) is 88.1 Å². The smallest absolute Gasteiger partial charge is 0.208 e. The van der Waals surface area contributed by atoms with Gasteiger partial charge in [-0.2, -0.15) is 5.10 Å². The summed E-state index contributed by atoms with van der Waals surface area (Å²) in [7, 11) is 0. The van der Waals surface area contributed by atoms with E-state index in [9.17, 15) is 0 Å². The first-order chi connectivity index (χ1) is 14.8. The lowest BCUT2D eigenvalue weighted by Crippen LogP contribution is -3.12. The maximum absolute atomic E-state index is 6.75. The van der Waals surface area contributed by atoms with Crippen LogP contribution in [0.15, 0.2) is 77.2 Å². The molecule has 0 bridgehead atoms. The number of thiophene rings is 1. The predicted octanol–water partition coefficient (Wildman–Crippen LogP) is 3.87. The van der Waals surface area contributed by atoms with Crippen molar-refractivity contribution in [2.75, 3.05) is 13.1 Å². The average Bonchev–Trinajstić information content (AvgIpc) is 3.47. The number of piperidine rings is 1. The normalized spacial score (nSPS) is 27.3. The van der Waals surface area contributed by atoms with Crippen molar-refractivity contribution in [3.8, 4) is 5.75 Å². The molecule has 1 atom stereocenters. The van der Waals surface area contributed by atoms with Gasteiger partial charge in [-0.15, -0.1) is 11.3 Å². The third-order valence-electron chi connectivity index (χ3n) is 6.75. The molecule has 3 aromatic rings. The number of quaternary nitrogens is 1. The molecule has 4 heterocycles. The Balaban J connectivity index is 1.29. The fourth-order valence-electron chi connectivity index (χ4n) is 5.21. The summed E-state index contributed by atoms with van der Waals surface area (Å²) >= 11 is 1.78. The highest BCUT2D eigenvalue weighted by Crippen LogP contribution is 2.49. The minimum atomic E-state index is -0.321. The van der Waals surface area contributed by atoms with Gasteiger partial charge in [-0.3, -0.25) is 0 Å². The average molecular weight is 417 g/mol. The highest BCUT2D eigenvalue weighted by molar-refractivity contribution is 7.12. The zero-order valence-electron chi connectivity index (χ0n) is 17.0. The van der Waals surface area contributed by atoms with Gasteiger partial charge in [0.2, 0.25) is 5.72 Å². The van der Waals surface area contributed by atoms with Gasteiger partial charge in [0.15, 0.2) is 0 Å². The Labute approximate surface area is 181 Å². The van der Waals surface area contributed by atoms with E-state index in [2.05, 4.69) is 77.1 Å². The molecule has 0 amide bonds. The highest BCUT2D eigenvalue weighted by Gasteiger charge is 2.52. The van der Waals surface area contributed by atoms with Crippen molar-refractivity contribution in [2.45, 2.75) is 37.6 Å². The molecule has 0 unspecified atom stereocenters. The first-order valence-corrected chi connectivity index (χ1v) is 11.7. The SMILES string of the molecule is c1ccc(C[NH+]2CCC3(CC2)Oc2ccccc2[C@H]2CC(c4cccs4)=NN23)cc1. The maximum Gasteiger partial charge on any atom is 0.208 e. The lowest BCUT2D eigenvalue weighted by Gasteiger charge is -2.50. The van der Waals surface area contributed by atoms with Crippen molar-refractivity contribution in [1.82, 2.24) is 5.01 Å². The molecule has 0 radical (unpaired) electrons. The molecule has 0 saturated carbocycles. The molecule has 1 aromatic heterocycles. The van der Waals surface area contributed by atoms with Crippen LogP contribution in [0.4, 0.5) is 0 Å². The second kappa shape index (κ2) is 7.25. The molecule has 2 aromatic carbocycles. The molecule has 5 heteroatoms. The van der Waals surface area contributed by atoms with Crippen molar-refractivity contribution >= 4 is 17.0 Å². The van der Waals surface area contributed by atoms with Crippen LogP contribution in [0.3, 0.4) is 0 Å². The van der Waals surface area contributed by atoms with Crippen LogP contribution >= 0.6 is 11.3 Å². The Bertz CT molecular complexity index is 1060. The van der Waals surface area contributed by atoms with Crippen LogP contribution in [-0.2, 0) is 6.54 Å². The fourth-order valence-corrected chi connectivity index (χ4v) is 5.93. The number of nitrogens with one attached hydrogen (secondary N) is 1. The van der Waals surface area contributed by atoms with Crippen molar-refractivity contribution in [2.24, 2.45) is 5.10 Å². The third-order valence-corrected chi connectivity index (χ3v) is 7.67. The van der Waals surface area contributed by atoms with Crippen molar-refractivity contribution < 1.29 is 9.64 Å². The zero-order valence-corrected chi connectivity index (χ0v) is 17.8. The second-order valence-corrected chi connectivity index (χ2v) is 9.53. The van der Waals surface area contributed by atoms with Crippen LogP contribution in [0.2, 0.25) is 0 Å². The van der Waals surface area contributed by atoms with Crippen LogP contribution in [0.5, 0.6) is 5.75 Å². The number of hydrogen-bond donors (Lipinski definition) is 1. The van der Waals surface area contributed by atoms with Gasteiger partial charge in [-0.05, 0) is 17.5 Å². The summed E-state index contributed by atoms with van der Waals surface area (Å²) in [5.41, 5.74) is 3.57. The molecule has 6 rings (SSSR count). The number of nitrogens with zero attached hydrogens (tertiary/aromatic N) is 2. The van der Waals surface area contributed by atoms with Gasteiger partial charge in [-0.25, -0.2) is 5.01 Å². The van der Waals surface area contributed by atoms with Gasteiger partial charge < -0.3 is 9.64 Å². The van der Waals surface area contributed by atoms with E-state index in [1.807, 2.05) is 0 Å². The van der Waals surface area contributed by atoms with Gasteiger partial charge in [-0.1, -0.05) is 54.6 Å². The summed E-state index contributed by atoms with van der Waals surface area (Å²) < 4.78 is 6.75. The van der Waals surface area contributed by atoms with E-state index in [4.69, 9.17) is 9.84 Å². The van der Waals surface area contributed by atoms with E-state index in [0.717, 1.165) is 44.6 Å². The predicted molar refractivity (Wildman–Crippen MR) is 120 cm³/mol. The molecule has 1 spiro atoms. The summed E-state index contributed by atoms with van der Waals surface area (Å²) in [4.78, 5) is 2.91. The van der Waals surface area contributed by atoms with Crippen LogP contribution in [-0.4, -0.2) is 29.5 Å². The lowest BCUT2D eigenvalue weighted by molar-refractivity contribution is -0.921. The van der Waals surface area contributed by atoms with E-state index in [1.54, 1.807) is 16.2 Å². The monoisotopic (exact) mass is 416 g/mol. The standard InChI is InChI=1S/C25H25N3OS/c1-2-7-19(8-3-1)18-27-14-12-25(13-15-27)28-22(20-9-4-5-10-23(20)29-25)17-21(26-28)24-11-6-16-30-24/h1-11,16,22H,12-15,17-18H2/p+1/t22-/m1/s1. The van der Waals surface area contributed by atoms with E-state index in [1.165, 1.54) is 21.7 Å². The van der Waals surface area contributed by atoms with Crippen LogP contribution in [0, 0.1) is 0 Å². The van der Waals surface area contributed by atoms with E-state index in [-0.39, 0.29) is 11.8 Å². The highest BCUT2D eigenvalue weighted by atomic mass is 32.1. The Morgan fingerprint density at radius 3 is 2.60 bits per heavy atom. The van der Waals surface area contributed by atoms with E-state index < -0.39 is 0 Å². The van der Waals surface area contributed by atoms with E-state index in [0.29, 0.717) is 0 Å². The molecule has 1 fully saturated rings. The topological polar surface area (TPSA) is 29.3 Å². The molecule has 3 aliphatic heterocycles. The summed E-state index contributed by atoms with van der Waals surface area (Å²) in [5.74, 6) is 1.05. The van der Waals surface area contributed by atoms with Crippen molar-refractivity contribution in [3.63, 3.8) is 0 Å².